The fraction of sp³-hybridized carbons (Fsp3) is 0.500. The quantitative estimate of drug-likeness (QED) is 0.369. The van der Waals surface area contributed by atoms with E-state index < -0.39 is 42.2 Å². The molecular formula is C10H14N4O6. The number of nitrogen functional groups attached to an aromatic ring is 1. The van der Waals surface area contributed by atoms with Crippen LogP contribution in [-0.4, -0.2) is 55.2 Å². The van der Waals surface area contributed by atoms with E-state index in [0.717, 1.165) is 4.57 Å². The smallest absolute Gasteiger partial charge is 0.351 e. The molecule has 0 unspecified atom stereocenters. The first kappa shape index (κ1) is 14.4. The lowest BCUT2D eigenvalue weighted by Crippen LogP contribution is -2.60. The van der Waals surface area contributed by atoms with Crippen molar-refractivity contribution in [2.75, 3.05) is 5.73 Å². The molecule has 2 heterocycles. The second-order valence-corrected chi connectivity index (χ2v) is 4.36. The number of nitrogens with zero attached hydrogens (tertiary/aromatic N) is 2. The Morgan fingerprint density at radius 1 is 1.30 bits per heavy atom. The van der Waals surface area contributed by atoms with Gasteiger partial charge in [0.15, 0.2) is 12.3 Å². The fourth-order valence-electron chi connectivity index (χ4n) is 1.95. The summed E-state index contributed by atoms with van der Waals surface area (Å²) in [4.78, 5) is 26.3. The highest BCUT2D eigenvalue weighted by atomic mass is 16.6. The second-order valence-electron chi connectivity index (χ2n) is 4.36. The van der Waals surface area contributed by atoms with Crippen LogP contribution in [0.4, 0.5) is 5.82 Å². The summed E-state index contributed by atoms with van der Waals surface area (Å²) in [5.41, 5.74) is 9.51. The Labute approximate surface area is 112 Å². The van der Waals surface area contributed by atoms with Crippen LogP contribution in [0, 0.1) is 0 Å². The molecule has 0 radical (unpaired) electrons. The van der Waals surface area contributed by atoms with Crippen LogP contribution < -0.4 is 17.2 Å². The van der Waals surface area contributed by atoms with Crippen molar-refractivity contribution >= 4 is 11.7 Å². The van der Waals surface area contributed by atoms with Crippen molar-refractivity contribution in [1.29, 1.82) is 0 Å². The van der Waals surface area contributed by atoms with E-state index in [4.69, 9.17) is 16.2 Å². The number of nitrogens with two attached hydrogens (primary N) is 2. The molecule has 2 rings (SSSR count). The first-order chi connectivity index (χ1) is 9.32. The molecule has 7 N–H and O–H groups in total. The zero-order chi connectivity index (χ0) is 15.0. The van der Waals surface area contributed by atoms with Crippen LogP contribution in [0.5, 0.6) is 0 Å². The highest BCUT2D eigenvalue weighted by Gasteiger charge is 2.47. The molecule has 5 atom stereocenters. The van der Waals surface area contributed by atoms with E-state index in [2.05, 4.69) is 4.98 Å². The Balaban J connectivity index is 2.39. The summed E-state index contributed by atoms with van der Waals surface area (Å²) in [6.07, 6.45) is -6.87. The molecule has 0 spiro atoms. The molecule has 20 heavy (non-hydrogen) atoms. The Bertz CT molecular complexity index is 575. The van der Waals surface area contributed by atoms with Crippen molar-refractivity contribution in [1.82, 2.24) is 9.55 Å². The van der Waals surface area contributed by atoms with Gasteiger partial charge in [-0.15, -0.1) is 0 Å². The van der Waals surface area contributed by atoms with Crippen molar-refractivity contribution in [2.45, 2.75) is 30.6 Å². The maximum absolute atomic E-state index is 11.7. The Kier molecular flexibility index (Phi) is 3.72. The second kappa shape index (κ2) is 5.17. The monoisotopic (exact) mass is 286 g/mol. The van der Waals surface area contributed by atoms with Crippen molar-refractivity contribution in [3.63, 3.8) is 0 Å². The standard InChI is InChI=1S/C10H14N4O6/c11-3-1-2-14(10(19)13-3)9-6(17)4(15)5(16)7(20-9)8(12)18/h1-2,4-7,9,15-17H,(H2,12,18)(H2,11,13,19)/t4-,5-,6+,7-,9+/m0/s1. The molecule has 0 bridgehead atoms. The number of anilines is 1. The van der Waals surface area contributed by atoms with E-state index in [0.29, 0.717) is 0 Å². The zero-order valence-electron chi connectivity index (χ0n) is 10.2. The number of carbonyl (C=O) groups is 1. The molecule has 1 amide bonds. The number of aliphatic hydroxyl groups is 3. The molecule has 1 aromatic rings. The Hall–Kier alpha value is -2.01. The van der Waals surface area contributed by atoms with Gasteiger partial charge in [0.25, 0.3) is 0 Å². The van der Waals surface area contributed by atoms with Crippen molar-refractivity contribution in [3.05, 3.63) is 22.7 Å². The average molecular weight is 286 g/mol. The van der Waals surface area contributed by atoms with Crippen LogP contribution >= 0.6 is 0 Å². The molecule has 1 aliphatic rings. The van der Waals surface area contributed by atoms with Crippen LogP contribution in [-0.2, 0) is 9.53 Å². The van der Waals surface area contributed by atoms with Gasteiger partial charge < -0.3 is 31.5 Å². The summed E-state index contributed by atoms with van der Waals surface area (Å²) in [6.45, 7) is 0. The average Bonchev–Trinajstić information content (AvgIpc) is 2.37. The van der Waals surface area contributed by atoms with E-state index >= 15 is 0 Å². The topological polar surface area (TPSA) is 174 Å². The summed E-state index contributed by atoms with van der Waals surface area (Å²) >= 11 is 0. The summed E-state index contributed by atoms with van der Waals surface area (Å²) in [5.74, 6) is -1.08. The molecule has 1 fully saturated rings. The number of hydrogen-bond acceptors (Lipinski definition) is 8. The number of aliphatic hydroxyl groups excluding tert-OH is 3. The number of carbonyl (C=O) groups excluding carboxylic acids is 1. The minimum absolute atomic E-state index is 0.0383. The van der Waals surface area contributed by atoms with Crippen molar-refractivity contribution in [3.8, 4) is 0 Å². The predicted octanol–water partition coefficient (Wildman–Crippen LogP) is -3.71. The minimum atomic E-state index is -1.71. The Morgan fingerprint density at radius 2 is 1.95 bits per heavy atom. The van der Waals surface area contributed by atoms with Gasteiger partial charge >= 0.3 is 5.69 Å². The highest BCUT2D eigenvalue weighted by molar-refractivity contribution is 5.79. The molecule has 0 saturated carbocycles. The van der Waals surface area contributed by atoms with Crippen molar-refractivity contribution < 1.29 is 24.9 Å². The zero-order valence-corrected chi connectivity index (χ0v) is 10.2. The van der Waals surface area contributed by atoms with E-state index in [1.807, 2.05) is 0 Å². The number of primary amides is 1. The van der Waals surface area contributed by atoms with E-state index in [-0.39, 0.29) is 5.82 Å². The lowest BCUT2D eigenvalue weighted by molar-refractivity contribution is -0.240. The highest BCUT2D eigenvalue weighted by Crippen LogP contribution is 2.27. The lowest BCUT2D eigenvalue weighted by Gasteiger charge is -2.39. The van der Waals surface area contributed by atoms with E-state index in [9.17, 15) is 24.9 Å². The third-order valence-corrected chi connectivity index (χ3v) is 2.99. The van der Waals surface area contributed by atoms with Gasteiger partial charge in [-0.1, -0.05) is 0 Å². The van der Waals surface area contributed by atoms with Gasteiger partial charge in [0.2, 0.25) is 5.91 Å². The summed E-state index contributed by atoms with van der Waals surface area (Å²) < 4.78 is 5.94. The van der Waals surface area contributed by atoms with E-state index in [1.165, 1.54) is 12.3 Å². The number of aromatic nitrogens is 2. The minimum Gasteiger partial charge on any atom is -0.387 e. The molecule has 0 aromatic carbocycles. The molecule has 10 heteroatoms. The van der Waals surface area contributed by atoms with Gasteiger partial charge in [-0.25, -0.2) is 4.79 Å². The van der Waals surface area contributed by atoms with E-state index in [1.54, 1.807) is 0 Å². The van der Waals surface area contributed by atoms with Crippen LogP contribution in [0.1, 0.15) is 6.23 Å². The molecule has 0 aliphatic carbocycles. The summed E-state index contributed by atoms with van der Waals surface area (Å²) in [5, 5.41) is 29.1. The first-order valence-corrected chi connectivity index (χ1v) is 5.66. The number of amides is 1. The van der Waals surface area contributed by atoms with Gasteiger partial charge in [0.1, 0.15) is 24.1 Å². The Morgan fingerprint density at radius 3 is 2.50 bits per heavy atom. The molecule has 1 aromatic heterocycles. The van der Waals surface area contributed by atoms with Gasteiger partial charge in [0.05, 0.1) is 0 Å². The molecular weight excluding hydrogens is 272 g/mol. The van der Waals surface area contributed by atoms with Gasteiger partial charge in [-0.2, -0.15) is 4.98 Å². The molecule has 10 nitrogen and oxygen atoms in total. The van der Waals surface area contributed by atoms with Crippen LogP contribution in [0.3, 0.4) is 0 Å². The maximum atomic E-state index is 11.7. The largest absolute Gasteiger partial charge is 0.387 e. The van der Waals surface area contributed by atoms with Gasteiger partial charge in [-0.05, 0) is 6.07 Å². The predicted molar refractivity (Wildman–Crippen MR) is 64.0 cm³/mol. The third-order valence-electron chi connectivity index (χ3n) is 2.99. The lowest BCUT2D eigenvalue weighted by atomic mass is 9.97. The number of hydrogen-bond donors (Lipinski definition) is 5. The fourth-order valence-corrected chi connectivity index (χ4v) is 1.95. The van der Waals surface area contributed by atoms with Crippen LogP contribution in [0.15, 0.2) is 17.1 Å². The first-order valence-electron chi connectivity index (χ1n) is 5.66. The van der Waals surface area contributed by atoms with Gasteiger partial charge in [0, 0.05) is 6.20 Å². The molecule has 1 saturated heterocycles. The molecule has 110 valence electrons. The van der Waals surface area contributed by atoms with Crippen LogP contribution in [0.2, 0.25) is 0 Å². The van der Waals surface area contributed by atoms with Crippen molar-refractivity contribution in [2.24, 2.45) is 5.73 Å². The third kappa shape index (κ3) is 2.36. The summed E-state index contributed by atoms with van der Waals surface area (Å²) in [7, 11) is 0. The molecule has 1 aliphatic heterocycles. The van der Waals surface area contributed by atoms with Crippen LogP contribution in [0.25, 0.3) is 0 Å². The normalized spacial score (nSPS) is 33.9. The van der Waals surface area contributed by atoms with Gasteiger partial charge in [-0.3, -0.25) is 9.36 Å². The maximum Gasteiger partial charge on any atom is 0.351 e. The SMILES string of the molecule is NC(=O)[C@H]1O[C@@H](n2ccc(N)nc2=O)[C@H](O)[C@@H](O)[C@@H]1O. The number of ether oxygens (including phenoxy) is 1. The summed E-state index contributed by atoms with van der Waals surface area (Å²) in [6, 6.07) is 1.27. The number of rotatable bonds is 2.